The van der Waals surface area contributed by atoms with Crippen molar-refractivity contribution in [3.63, 3.8) is 0 Å². The molecule has 0 aliphatic heterocycles. The van der Waals surface area contributed by atoms with Crippen LogP contribution in [0.15, 0.2) is 37.2 Å². The number of H-pyrrole nitrogens is 1. The van der Waals surface area contributed by atoms with Gasteiger partial charge in [0, 0.05) is 18.0 Å². The molecule has 0 saturated carbocycles. The molecule has 0 fully saturated rings. The van der Waals surface area contributed by atoms with Crippen LogP contribution in [0.2, 0.25) is 0 Å². The lowest BCUT2D eigenvalue weighted by atomic mass is 10.2. The molecule has 0 bridgehead atoms. The number of allylic oxidation sites excluding steroid dienone is 1. The van der Waals surface area contributed by atoms with Gasteiger partial charge in [-0.1, -0.05) is 6.08 Å². The summed E-state index contributed by atoms with van der Waals surface area (Å²) in [5, 5.41) is 12.9. The van der Waals surface area contributed by atoms with E-state index >= 15 is 0 Å². The molecule has 0 amide bonds. The van der Waals surface area contributed by atoms with Gasteiger partial charge in [0.25, 0.3) is 0 Å². The number of nitrogens with zero attached hydrogens (tertiary/aromatic N) is 2. The highest BCUT2D eigenvalue weighted by Crippen LogP contribution is 2.20. The number of hydrogen-bond acceptors (Lipinski definition) is 2. The van der Waals surface area contributed by atoms with Gasteiger partial charge >= 0.3 is 5.97 Å². The van der Waals surface area contributed by atoms with Crippen molar-refractivity contribution in [3.05, 3.63) is 42.9 Å². The van der Waals surface area contributed by atoms with E-state index in [-0.39, 0.29) is 5.69 Å². The maximum atomic E-state index is 10.8. The number of aromatic nitrogens is 3. The first kappa shape index (κ1) is 10.2. The molecule has 2 aromatic rings. The first-order valence-electron chi connectivity index (χ1n) is 4.77. The molecule has 2 rings (SSSR count). The number of carbonyl (C=O) groups is 1. The molecule has 0 radical (unpaired) electrons. The summed E-state index contributed by atoms with van der Waals surface area (Å²) >= 11 is 0. The lowest BCUT2D eigenvalue weighted by molar-refractivity contribution is 0.0689. The lowest BCUT2D eigenvalue weighted by Gasteiger charge is -2.01. The van der Waals surface area contributed by atoms with Gasteiger partial charge < -0.3 is 10.1 Å². The van der Waals surface area contributed by atoms with Crippen molar-refractivity contribution in [2.24, 2.45) is 0 Å². The number of aromatic carboxylic acids is 1. The predicted molar refractivity (Wildman–Crippen MR) is 59.2 cm³/mol. The lowest BCUT2D eigenvalue weighted by Crippen LogP contribution is -2.02. The van der Waals surface area contributed by atoms with Gasteiger partial charge in [0.15, 0.2) is 5.69 Å². The monoisotopic (exact) mass is 217 g/mol. The van der Waals surface area contributed by atoms with Crippen LogP contribution < -0.4 is 0 Å². The van der Waals surface area contributed by atoms with E-state index in [4.69, 9.17) is 5.11 Å². The largest absolute Gasteiger partial charge is 0.476 e. The smallest absolute Gasteiger partial charge is 0.356 e. The van der Waals surface area contributed by atoms with E-state index in [1.165, 1.54) is 0 Å². The molecule has 5 nitrogen and oxygen atoms in total. The number of hydrogen-bond donors (Lipinski definition) is 2. The number of aromatic amines is 1. The molecule has 0 spiro atoms. The molecule has 0 saturated heterocycles. The van der Waals surface area contributed by atoms with Gasteiger partial charge in [-0.15, -0.1) is 6.58 Å². The maximum Gasteiger partial charge on any atom is 0.356 e. The molecule has 0 atom stereocenters. The molecule has 0 unspecified atom stereocenters. The summed E-state index contributed by atoms with van der Waals surface area (Å²) in [6, 6.07) is 3.41. The first-order chi connectivity index (χ1) is 7.72. The summed E-state index contributed by atoms with van der Waals surface area (Å²) in [7, 11) is 0. The molecule has 0 aliphatic carbocycles. The molecule has 0 aromatic carbocycles. The van der Waals surface area contributed by atoms with Crippen LogP contribution in [0.4, 0.5) is 0 Å². The summed E-state index contributed by atoms with van der Waals surface area (Å²) in [6.07, 6.45) is 5.25. The van der Waals surface area contributed by atoms with E-state index in [2.05, 4.69) is 16.7 Å². The number of carboxylic acid groups (broad SMARTS) is 1. The Kier molecular flexibility index (Phi) is 2.59. The third-order valence-electron chi connectivity index (χ3n) is 2.19. The molecular weight excluding hydrogens is 206 g/mol. The van der Waals surface area contributed by atoms with Crippen molar-refractivity contribution < 1.29 is 9.90 Å². The Morgan fingerprint density at radius 2 is 2.50 bits per heavy atom. The Bertz CT molecular complexity index is 511. The van der Waals surface area contributed by atoms with Crippen LogP contribution in [0.5, 0.6) is 0 Å². The first-order valence-corrected chi connectivity index (χ1v) is 4.77. The normalized spacial score (nSPS) is 10.2. The van der Waals surface area contributed by atoms with E-state index in [9.17, 15) is 4.79 Å². The van der Waals surface area contributed by atoms with Gasteiger partial charge in [0.2, 0.25) is 0 Å². The third-order valence-corrected chi connectivity index (χ3v) is 2.19. The Balaban J connectivity index is 2.50. The molecule has 16 heavy (non-hydrogen) atoms. The van der Waals surface area contributed by atoms with Gasteiger partial charge in [-0.25, -0.2) is 4.79 Å². The average Bonchev–Trinajstić information content (AvgIpc) is 2.84. The zero-order valence-electron chi connectivity index (χ0n) is 8.55. The summed E-state index contributed by atoms with van der Waals surface area (Å²) in [6.45, 7) is 4.10. The summed E-state index contributed by atoms with van der Waals surface area (Å²) in [5.74, 6) is -1.03. The summed E-state index contributed by atoms with van der Waals surface area (Å²) < 4.78 is 1.61. The minimum Gasteiger partial charge on any atom is -0.476 e. The van der Waals surface area contributed by atoms with Crippen molar-refractivity contribution in [2.45, 2.75) is 6.54 Å². The number of carboxylic acids is 1. The molecule has 0 aliphatic rings. The zero-order chi connectivity index (χ0) is 11.5. The van der Waals surface area contributed by atoms with Crippen LogP contribution in [0.1, 0.15) is 10.5 Å². The Morgan fingerprint density at radius 3 is 3.06 bits per heavy atom. The van der Waals surface area contributed by atoms with Gasteiger partial charge in [0.1, 0.15) is 0 Å². The summed E-state index contributed by atoms with van der Waals surface area (Å²) in [4.78, 5) is 13.8. The number of nitrogens with one attached hydrogen (secondary N) is 1. The maximum absolute atomic E-state index is 10.8. The molecule has 5 heteroatoms. The zero-order valence-corrected chi connectivity index (χ0v) is 8.55. The van der Waals surface area contributed by atoms with Crippen molar-refractivity contribution in [1.82, 2.24) is 14.8 Å². The molecule has 82 valence electrons. The van der Waals surface area contributed by atoms with Gasteiger partial charge in [-0.2, -0.15) is 5.10 Å². The Hall–Kier alpha value is -2.30. The van der Waals surface area contributed by atoms with Crippen LogP contribution in [0, 0.1) is 0 Å². The second-order valence-electron chi connectivity index (χ2n) is 3.29. The fourth-order valence-corrected chi connectivity index (χ4v) is 1.50. The highest BCUT2D eigenvalue weighted by atomic mass is 16.4. The van der Waals surface area contributed by atoms with Crippen LogP contribution in [-0.2, 0) is 6.54 Å². The van der Waals surface area contributed by atoms with Crippen LogP contribution in [0.3, 0.4) is 0 Å². The fraction of sp³-hybridized carbons (Fsp3) is 0.0909. The van der Waals surface area contributed by atoms with Crippen LogP contribution in [-0.4, -0.2) is 25.8 Å². The van der Waals surface area contributed by atoms with Gasteiger partial charge in [-0.05, 0) is 12.1 Å². The van der Waals surface area contributed by atoms with Crippen molar-refractivity contribution >= 4 is 5.97 Å². The van der Waals surface area contributed by atoms with Crippen molar-refractivity contribution in [3.8, 4) is 11.3 Å². The average molecular weight is 217 g/mol. The van der Waals surface area contributed by atoms with Crippen LogP contribution in [0.25, 0.3) is 11.3 Å². The van der Waals surface area contributed by atoms with E-state index in [1.807, 2.05) is 6.07 Å². The molecule has 2 heterocycles. The topological polar surface area (TPSA) is 70.9 Å². The second-order valence-corrected chi connectivity index (χ2v) is 3.29. The van der Waals surface area contributed by atoms with Crippen molar-refractivity contribution in [2.75, 3.05) is 0 Å². The standard InChI is InChI=1S/C11H11N3O2/c1-2-5-14-10(8-3-4-12-7-8)6-9(13-14)11(15)16/h2-4,6-7,12H,1,5H2,(H,15,16). The highest BCUT2D eigenvalue weighted by Gasteiger charge is 2.13. The predicted octanol–water partition coefficient (Wildman–Crippen LogP) is 1.76. The Labute approximate surface area is 92.0 Å². The van der Waals surface area contributed by atoms with Crippen molar-refractivity contribution in [1.29, 1.82) is 0 Å². The van der Waals surface area contributed by atoms with Gasteiger partial charge in [-0.3, -0.25) is 4.68 Å². The molecule has 2 N–H and O–H groups in total. The third kappa shape index (κ3) is 1.75. The molecule has 2 aromatic heterocycles. The second kappa shape index (κ2) is 4.06. The van der Waals surface area contributed by atoms with E-state index in [0.717, 1.165) is 11.3 Å². The quantitative estimate of drug-likeness (QED) is 0.766. The van der Waals surface area contributed by atoms with E-state index in [1.54, 1.807) is 29.2 Å². The molecular formula is C11H11N3O2. The Morgan fingerprint density at radius 1 is 1.69 bits per heavy atom. The SMILES string of the molecule is C=CCn1nc(C(=O)O)cc1-c1cc[nH]c1. The van der Waals surface area contributed by atoms with E-state index < -0.39 is 5.97 Å². The van der Waals surface area contributed by atoms with Crippen LogP contribution >= 0.6 is 0 Å². The minimum atomic E-state index is -1.03. The fourth-order valence-electron chi connectivity index (χ4n) is 1.50. The van der Waals surface area contributed by atoms with Gasteiger partial charge in [0.05, 0.1) is 12.2 Å². The summed E-state index contributed by atoms with van der Waals surface area (Å²) in [5.41, 5.74) is 1.71. The number of rotatable bonds is 4. The minimum absolute atomic E-state index is 0.0399. The van der Waals surface area contributed by atoms with E-state index in [0.29, 0.717) is 6.54 Å². The highest BCUT2D eigenvalue weighted by molar-refractivity contribution is 5.86.